The zero-order valence-electron chi connectivity index (χ0n) is 12.1. The third-order valence-electron chi connectivity index (χ3n) is 4.00. The lowest BCUT2D eigenvalue weighted by Gasteiger charge is -2.37. The van der Waals surface area contributed by atoms with Gasteiger partial charge in [0.2, 0.25) is 0 Å². The van der Waals surface area contributed by atoms with Crippen molar-refractivity contribution in [3.63, 3.8) is 0 Å². The second-order valence-electron chi connectivity index (χ2n) is 5.61. The third-order valence-corrected chi connectivity index (χ3v) is 4.93. The molecule has 0 saturated carbocycles. The molecule has 112 valence electrons. The number of sulfone groups is 1. The zero-order valence-corrected chi connectivity index (χ0v) is 13.0. The van der Waals surface area contributed by atoms with Gasteiger partial charge in [0.1, 0.15) is 9.84 Å². The van der Waals surface area contributed by atoms with E-state index in [1.807, 2.05) is 18.2 Å². The van der Waals surface area contributed by atoms with Crippen LogP contribution in [-0.4, -0.2) is 43.0 Å². The van der Waals surface area contributed by atoms with E-state index in [2.05, 4.69) is 39.9 Å². The van der Waals surface area contributed by atoms with Crippen LogP contribution in [0.3, 0.4) is 0 Å². The normalized spacial score (nSPS) is 19.4. The molecule has 1 aliphatic heterocycles. The molecule has 1 unspecified atom stereocenters. The highest BCUT2D eigenvalue weighted by Gasteiger charge is 2.28. The Morgan fingerprint density at radius 2 is 1.86 bits per heavy atom. The minimum Gasteiger partial charge on any atom is -0.348 e. The summed E-state index contributed by atoms with van der Waals surface area (Å²) in [4.78, 5) is 2.27. The van der Waals surface area contributed by atoms with E-state index < -0.39 is 9.84 Å². The molecular formula is C16H20N2O2S. The molecular weight excluding hydrogens is 284 g/mol. The first-order valence-electron chi connectivity index (χ1n) is 7.16. The van der Waals surface area contributed by atoms with Gasteiger partial charge in [0, 0.05) is 37.8 Å². The molecule has 0 spiro atoms. The number of aromatic nitrogens is 1. The fraction of sp³-hybridized carbons (Fsp3) is 0.375. The SMILES string of the molecule is CS(=O)(=O)CCN1CCn2cccc2C1c1ccccc1. The molecule has 0 bridgehead atoms. The maximum absolute atomic E-state index is 11.5. The van der Waals surface area contributed by atoms with E-state index in [9.17, 15) is 8.42 Å². The molecule has 1 aromatic carbocycles. The van der Waals surface area contributed by atoms with Crippen LogP contribution in [0.15, 0.2) is 48.7 Å². The Kier molecular flexibility index (Phi) is 3.87. The van der Waals surface area contributed by atoms with Gasteiger partial charge in [0.15, 0.2) is 0 Å². The molecule has 1 aromatic heterocycles. The Morgan fingerprint density at radius 1 is 1.10 bits per heavy atom. The van der Waals surface area contributed by atoms with Gasteiger partial charge >= 0.3 is 0 Å². The van der Waals surface area contributed by atoms with Crippen molar-refractivity contribution in [2.75, 3.05) is 25.1 Å². The molecule has 21 heavy (non-hydrogen) atoms. The highest BCUT2D eigenvalue weighted by Crippen LogP contribution is 2.31. The standard InChI is InChI=1S/C16H20N2O2S/c1-21(19,20)13-12-18-11-10-17-9-5-8-15(17)16(18)14-6-3-2-4-7-14/h2-9,16H,10-13H2,1H3. The quantitative estimate of drug-likeness (QED) is 0.867. The molecule has 1 atom stereocenters. The molecule has 0 saturated heterocycles. The Bertz CT molecular complexity index is 707. The van der Waals surface area contributed by atoms with Crippen LogP contribution in [0.1, 0.15) is 17.3 Å². The van der Waals surface area contributed by atoms with E-state index in [0.29, 0.717) is 6.54 Å². The van der Waals surface area contributed by atoms with E-state index in [1.165, 1.54) is 17.5 Å². The van der Waals surface area contributed by atoms with Gasteiger partial charge < -0.3 is 4.57 Å². The van der Waals surface area contributed by atoms with Gasteiger partial charge in [-0.3, -0.25) is 4.90 Å². The minimum absolute atomic E-state index is 0.136. The maximum atomic E-state index is 11.5. The van der Waals surface area contributed by atoms with Crippen LogP contribution in [0, 0.1) is 0 Å². The van der Waals surface area contributed by atoms with Gasteiger partial charge in [-0.2, -0.15) is 0 Å². The number of rotatable bonds is 4. The first-order chi connectivity index (χ1) is 10.0. The van der Waals surface area contributed by atoms with Gasteiger partial charge in [-0.15, -0.1) is 0 Å². The van der Waals surface area contributed by atoms with Gasteiger partial charge in [-0.25, -0.2) is 8.42 Å². The maximum Gasteiger partial charge on any atom is 0.148 e. The smallest absolute Gasteiger partial charge is 0.148 e. The third kappa shape index (κ3) is 3.19. The van der Waals surface area contributed by atoms with Crippen LogP contribution in [0.25, 0.3) is 0 Å². The summed E-state index contributed by atoms with van der Waals surface area (Å²) in [6.45, 7) is 2.36. The monoisotopic (exact) mass is 304 g/mol. The first kappa shape index (κ1) is 14.4. The average molecular weight is 304 g/mol. The summed E-state index contributed by atoms with van der Waals surface area (Å²) in [6.07, 6.45) is 3.40. The van der Waals surface area contributed by atoms with Crippen LogP contribution in [0.2, 0.25) is 0 Å². The summed E-state index contributed by atoms with van der Waals surface area (Å²) in [5.41, 5.74) is 2.45. The largest absolute Gasteiger partial charge is 0.348 e. The van der Waals surface area contributed by atoms with Crippen molar-refractivity contribution < 1.29 is 8.42 Å². The molecule has 4 nitrogen and oxygen atoms in total. The summed E-state index contributed by atoms with van der Waals surface area (Å²) in [6, 6.07) is 14.6. The van der Waals surface area contributed by atoms with Gasteiger partial charge in [-0.05, 0) is 17.7 Å². The van der Waals surface area contributed by atoms with Crippen LogP contribution in [-0.2, 0) is 16.4 Å². The van der Waals surface area contributed by atoms with Gasteiger partial charge in [-0.1, -0.05) is 30.3 Å². The molecule has 3 rings (SSSR count). The number of nitrogens with zero attached hydrogens (tertiary/aromatic N) is 2. The van der Waals surface area contributed by atoms with Crippen molar-refractivity contribution in [3.8, 4) is 0 Å². The molecule has 0 radical (unpaired) electrons. The van der Waals surface area contributed by atoms with Crippen LogP contribution in [0.5, 0.6) is 0 Å². The lowest BCUT2D eigenvalue weighted by atomic mass is 10.0. The Hall–Kier alpha value is -1.59. The number of benzene rings is 1. The number of hydrogen-bond acceptors (Lipinski definition) is 3. The summed E-state index contributed by atoms with van der Waals surface area (Å²) in [5, 5.41) is 0. The molecule has 0 N–H and O–H groups in total. The highest BCUT2D eigenvalue weighted by molar-refractivity contribution is 7.90. The summed E-state index contributed by atoms with van der Waals surface area (Å²) in [5.74, 6) is 0.205. The van der Waals surface area contributed by atoms with Crippen molar-refractivity contribution in [2.24, 2.45) is 0 Å². The molecule has 5 heteroatoms. The molecule has 0 amide bonds. The predicted molar refractivity (Wildman–Crippen MR) is 84.0 cm³/mol. The van der Waals surface area contributed by atoms with Crippen LogP contribution in [0.4, 0.5) is 0 Å². The Labute approximate surface area is 125 Å². The lowest BCUT2D eigenvalue weighted by molar-refractivity contribution is 0.194. The van der Waals surface area contributed by atoms with Crippen molar-refractivity contribution in [2.45, 2.75) is 12.6 Å². The summed E-state index contributed by atoms with van der Waals surface area (Å²) >= 11 is 0. The fourth-order valence-electron chi connectivity index (χ4n) is 2.97. The first-order valence-corrected chi connectivity index (χ1v) is 9.22. The molecule has 2 heterocycles. The topological polar surface area (TPSA) is 42.3 Å². The van der Waals surface area contributed by atoms with Gasteiger partial charge in [0.25, 0.3) is 0 Å². The van der Waals surface area contributed by atoms with E-state index >= 15 is 0 Å². The average Bonchev–Trinajstić information content (AvgIpc) is 2.93. The molecule has 0 aliphatic carbocycles. The van der Waals surface area contributed by atoms with E-state index in [4.69, 9.17) is 0 Å². The Morgan fingerprint density at radius 3 is 2.57 bits per heavy atom. The second kappa shape index (κ2) is 5.66. The van der Waals surface area contributed by atoms with Crippen LogP contribution >= 0.6 is 0 Å². The summed E-state index contributed by atoms with van der Waals surface area (Å²) in [7, 11) is -2.94. The van der Waals surface area contributed by atoms with E-state index in [-0.39, 0.29) is 11.8 Å². The van der Waals surface area contributed by atoms with E-state index in [1.54, 1.807) is 0 Å². The van der Waals surface area contributed by atoms with Crippen molar-refractivity contribution >= 4 is 9.84 Å². The highest BCUT2D eigenvalue weighted by atomic mass is 32.2. The number of fused-ring (bicyclic) bond motifs is 1. The van der Waals surface area contributed by atoms with Crippen molar-refractivity contribution in [1.29, 1.82) is 0 Å². The van der Waals surface area contributed by atoms with Crippen molar-refractivity contribution in [3.05, 3.63) is 59.9 Å². The van der Waals surface area contributed by atoms with Gasteiger partial charge in [0.05, 0.1) is 11.8 Å². The number of hydrogen-bond donors (Lipinski definition) is 0. The van der Waals surface area contributed by atoms with Crippen LogP contribution < -0.4 is 0 Å². The Balaban J connectivity index is 1.93. The minimum atomic E-state index is -2.94. The predicted octanol–water partition coefficient (Wildman–Crippen LogP) is 1.94. The molecule has 1 aliphatic rings. The zero-order chi connectivity index (χ0) is 14.9. The fourth-order valence-corrected chi connectivity index (χ4v) is 3.54. The second-order valence-corrected chi connectivity index (χ2v) is 7.87. The molecule has 2 aromatic rings. The summed E-state index contributed by atoms with van der Waals surface area (Å²) < 4.78 is 25.2. The van der Waals surface area contributed by atoms with E-state index in [0.717, 1.165) is 13.1 Å². The lowest BCUT2D eigenvalue weighted by Crippen LogP contribution is -2.40. The molecule has 0 fully saturated rings. The van der Waals surface area contributed by atoms with Crippen molar-refractivity contribution in [1.82, 2.24) is 9.47 Å².